The van der Waals surface area contributed by atoms with E-state index in [1.165, 1.54) is 38.5 Å². The number of nitrogens with two attached hydrogens (primary N) is 1. The van der Waals surface area contributed by atoms with Gasteiger partial charge in [0.05, 0.1) is 23.9 Å². The fourth-order valence-corrected chi connectivity index (χ4v) is 5.92. The third-order valence-electron chi connectivity index (χ3n) is 6.65. The Morgan fingerprint density at radius 3 is 2.27 bits per heavy atom. The highest BCUT2D eigenvalue weighted by atomic mass is 16.5. The van der Waals surface area contributed by atoms with E-state index in [1.54, 1.807) is 7.11 Å². The van der Waals surface area contributed by atoms with Crippen LogP contribution in [0.3, 0.4) is 0 Å². The lowest BCUT2D eigenvalue weighted by Gasteiger charge is -2.57. The minimum Gasteiger partial charge on any atom is -0.380 e. The molecule has 4 fully saturated rings. The topological polar surface area (TPSA) is 76.4 Å². The Kier molecular flexibility index (Phi) is 4.93. The van der Waals surface area contributed by atoms with Gasteiger partial charge >= 0.3 is 0 Å². The fourth-order valence-electron chi connectivity index (χ4n) is 5.92. The van der Waals surface area contributed by atoms with Gasteiger partial charge in [-0.05, 0) is 68.4 Å². The summed E-state index contributed by atoms with van der Waals surface area (Å²) in [5.74, 6) is 2.62. The van der Waals surface area contributed by atoms with Crippen molar-refractivity contribution >= 4 is 17.3 Å². The van der Waals surface area contributed by atoms with Gasteiger partial charge in [-0.15, -0.1) is 0 Å². The Bertz CT molecular complexity index is 621. The molecule has 5 rings (SSSR count). The molecule has 4 bridgehead atoms. The molecule has 0 heterocycles. The predicted molar refractivity (Wildman–Crippen MR) is 104 cm³/mol. The van der Waals surface area contributed by atoms with E-state index in [0.717, 1.165) is 29.1 Å². The van der Waals surface area contributed by atoms with Crippen LogP contribution in [0.5, 0.6) is 0 Å². The van der Waals surface area contributed by atoms with Crippen molar-refractivity contribution in [1.29, 1.82) is 0 Å². The van der Waals surface area contributed by atoms with Gasteiger partial charge in [0.1, 0.15) is 0 Å². The van der Waals surface area contributed by atoms with Gasteiger partial charge in [-0.1, -0.05) is 12.1 Å². The van der Waals surface area contributed by atoms with Crippen molar-refractivity contribution in [3.05, 3.63) is 24.3 Å². The molecular formula is C21H31N3O2. The van der Waals surface area contributed by atoms with Gasteiger partial charge in [-0.3, -0.25) is 4.79 Å². The van der Waals surface area contributed by atoms with E-state index in [2.05, 4.69) is 16.7 Å². The summed E-state index contributed by atoms with van der Waals surface area (Å²) in [5.41, 5.74) is 7.76. The Balaban J connectivity index is 1.47. The fraction of sp³-hybridized carbons (Fsp3) is 0.667. The molecule has 1 aromatic rings. The van der Waals surface area contributed by atoms with Crippen LogP contribution in [-0.4, -0.2) is 31.2 Å². The first kappa shape index (κ1) is 17.8. The van der Waals surface area contributed by atoms with Crippen LogP contribution in [0.25, 0.3) is 0 Å². The molecule has 0 spiro atoms. The number of carbonyl (C=O) groups excluding carboxylic acids is 1. The summed E-state index contributed by atoms with van der Waals surface area (Å²) in [5, 5.41) is 6.93. The van der Waals surface area contributed by atoms with Gasteiger partial charge in [0.2, 0.25) is 5.91 Å². The maximum absolute atomic E-state index is 12.4. The molecule has 4 aliphatic rings. The number of ether oxygens (including phenoxy) is 1. The van der Waals surface area contributed by atoms with Gasteiger partial charge in [-0.25, -0.2) is 0 Å². The van der Waals surface area contributed by atoms with Crippen molar-refractivity contribution in [2.24, 2.45) is 23.5 Å². The van der Waals surface area contributed by atoms with Crippen molar-refractivity contribution < 1.29 is 9.53 Å². The van der Waals surface area contributed by atoms with Gasteiger partial charge in [-0.2, -0.15) is 0 Å². The van der Waals surface area contributed by atoms with Gasteiger partial charge in [0.15, 0.2) is 0 Å². The van der Waals surface area contributed by atoms with Crippen LogP contribution in [0.4, 0.5) is 11.4 Å². The number of benzene rings is 1. The van der Waals surface area contributed by atoms with E-state index in [0.29, 0.717) is 6.54 Å². The zero-order chi connectivity index (χ0) is 18.1. The highest BCUT2D eigenvalue weighted by molar-refractivity contribution is 5.94. The first-order valence-corrected chi connectivity index (χ1v) is 9.99. The van der Waals surface area contributed by atoms with E-state index >= 15 is 0 Å². The number of rotatable bonds is 7. The average molecular weight is 357 g/mol. The van der Waals surface area contributed by atoms with Crippen LogP contribution in [0.2, 0.25) is 0 Å². The van der Waals surface area contributed by atoms with Crippen molar-refractivity contribution in [3.63, 3.8) is 0 Å². The average Bonchev–Trinajstić information content (AvgIpc) is 2.60. The quantitative estimate of drug-likeness (QED) is 0.699. The minimum absolute atomic E-state index is 0.0536. The number of hydrogen-bond acceptors (Lipinski definition) is 4. The molecule has 4 N–H and O–H groups in total. The summed E-state index contributed by atoms with van der Waals surface area (Å²) in [4.78, 5) is 12.4. The lowest BCUT2D eigenvalue weighted by Crippen LogP contribution is -2.54. The lowest BCUT2D eigenvalue weighted by molar-refractivity contribution is -0.118. The normalized spacial score (nSPS) is 33.1. The van der Waals surface area contributed by atoms with Crippen LogP contribution in [0.15, 0.2) is 24.3 Å². The van der Waals surface area contributed by atoms with Crippen molar-refractivity contribution in [1.82, 2.24) is 0 Å². The zero-order valence-corrected chi connectivity index (χ0v) is 15.7. The van der Waals surface area contributed by atoms with E-state index in [-0.39, 0.29) is 24.0 Å². The molecule has 4 saturated carbocycles. The Morgan fingerprint density at radius 2 is 1.73 bits per heavy atom. The molecule has 142 valence electrons. The SMILES string of the molecule is COC(CN)CC(=O)Nc1ccccc1NC12CC3CC(CC(C3)C1)C2. The first-order valence-electron chi connectivity index (χ1n) is 9.99. The molecule has 4 aliphatic carbocycles. The summed E-state index contributed by atoms with van der Waals surface area (Å²) in [6.07, 6.45) is 8.15. The number of nitrogens with one attached hydrogen (secondary N) is 2. The van der Waals surface area contributed by atoms with Crippen LogP contribution in [0, 0.1) is 17.8 Å². The summed E-state index contributed by atoms with van der Waals surface area (Å²) >= 11 is 0. The number of para-hydroxylation sites is 2. The molecule has 1 atom stereocenters. The molecular weight excluding hydrogens is 326 g/mol. The molecule has 0 radical (unpaired) electrons. The zero-order valence-electron chi connectivity index (χ0n) is 15.7. The summed E-state index contributed by atoms with van der Waals surface area (Å²) in [6, 6.07) is 8.07. The van der Waals surface area contributed by atoms with E-state index in [1.807, 2.05) is 18.2 Å². The number of carbonyl (C=O) groups is 1. The molecule has 0 aromatic heterocycles. The second-order valence-electron chi connectivity index (χ2n) is 8.71. The molecule has 1 aromatic carbocycles. The standard InChI is InChI=1S/C21H31N3O2/c1-26-17(13-22)9-20(25)23-18-4-2-3-5-19(18)24-21-10-14-6-15(11-21)8-16(7-14)12-21/h2-5,14-17,24H,6-13,22H2,1H3,(H,23,25). The molecule has 5 heteroatoms. The number of amides is 1. The van der Waals surface area contributed by atoms with Crippen molar-refractivity contribution in [2.45, 2.75) is 56.6 Å². The van der Waals surface area contributed by atoms with Gasteiger partial charge < -0.3 is 21.1 Å². The molecule has 1 amide bonds. The molecule has 26 heavy (non-hydrogen) atoms. The number of methoxy groups -OCH3 is 1. The monoisotopic (exact) mass is 357 g/mol. The largest absolute Gasteiger partial charge is 0.380 e. The Morgan fingerprint density at radius 1 is 1.15 bits per heavy atom. The highest BCUT2D eigenvalue weighted by Gasteiger charge is 2.51. The predicted octanol–water partition coefficient (Wildman–Crippen LogP) is 3.37. The number of anilines is 2. The number of hydrogen-bond donors (Lipinski definition) is 3. The maximum Gasteiger partial charge on any atom is 0.227 e. The Labute approximate surface area is 156 Å². The molecule has 0 saturated heterocycles. The van der Waals surface area contributed by atoms with Crippen molar-refractivity contribution in [2.75, 3.05) is 24.3 Å². The van der Waals surface area contributed by atoms with Crippen molar-refractivity contribution in [3.8, 4) is 0 Å². The molecule has 5 nitrogen and oxygen atoms in total. The third kappa shape index (κ3) is 3.60. The second kappa shape index (κ2) is 7.20. The van der Waals surface area contributed by atoms with Gasteiger partial charge in [0.25, 0.3) is 0 Å². The van der Waals surface area contributed by atoms with E-state index < -0.39 is 0 Å². The molecule has 0 aliphatic heterocycles. The van der Waals surface area contributed by atoms with Crippen LogP contribution in [-0.2, 0) is 9.53 Å². The van der Waals surface area contributed by atoms with E-state index in [4.69, 9.17) is 10.5 Å². The maximum atomic E-state index is 12.4. The molecule has 1 unspecified atom stereocenters. The lowest BCUT2D eigenvalue weighted by atomic mass is 9.53. The van der Waals surface area contributed by atoms with Crippen LogP contribution in [0.1, 0.15) is 44.9 Å². The third-order valence-corrected chi connectivity index (χ3v) is 6.65. The summed E-state index contributed by atoms with van der Waals surface area (Å²) < 4.78 is 5.23. The Hall–Kier alpha value is -1.59. The smallest absolute Gasteiger partial charge is 0.227 e. The summed E-state index contributed by atoms with van der Waals surface area (Å²) in [6.45, 7) is 0.344. The first-order chi connectivity index (χ1) is 12.6. The van der Waals surface area contributed by atoms with Crippen LogP contribution >= 0.6 is 0 Å². The van der Waals surface area contributed by atoms with E-state index in [9.17, 15) is 4.79 Å². The minimum atomic E-state index is -0.238. The second-order valence-corrected chi connectivity index (χ2v) is 8.71. The summed E-state index contributed by atoms with van der Waals surface area (Å²) in [7, 11) is 1.59. The highest BCUT2D eigenvalue weighted by Crippen LogP contribution is 2.56. The van der Waals surface area contributed by atoms with Gasteiger partial charge in [0, 0.05) is 19.2 Å². The van der Waals surface area contributed by atoms with Crippen LogP contribution < -0.4 is 16.4 Å².